The molecule has 0 atom stereocenters. The molecule has 0 aliphatic heterocycles. The van der Waals surface area contributed by atoms with Crippen LogP contribution in [0.25, 0.3) is 0 Å². The molecule has 1 aromatic heterocycles. The third-order valence-corrected chi connectivity index (χ3v) is 4.24. The van der Waals surface area contributed by atoms with Gasteiger partial charge in [-0.1, -0.05) is 0 Å². The van der Waals surface area contributed by atoms with Gasteiger partial charge in [0.25, 0.3) is 5.91 Å². The fraction of sp³-hybridized carbons (Fsp3) is 0.143. The van der Waals surface area contributed by atoms with Crippen LogP contribution in [0.1, 0.15) is 16.1 Å². The summed E-state index contributed by atoms with van der Waals surface area (Å²) < 4.78 is 11.8. The predicted molar refractivity (Wildman–Crippen MR) is 91.9 cm³/mol. The Balaban J connectivity index is 1.95. The van der Waals surface area contributed by atoms with Crippen LogP contribution in [-0.4, -0.2) is 18.5 Å². The maximum absolute atomic E-state index is 11.9. The van der Waals surface area contributed by atoms with Crippen molar-refractivity contribution < 1.29 is 18.7 Å². The fourth-order valence-electron chi connectivity index (χ4n) is 1.62. The van der Waals surface area contributed by atoms with E-state index in [4.69, 9.17) is 9.15 Å². The first kappa shape index (κ1) is 17.2. The second kappa shape index (κ2) is 7.43. The monoisotopic (exact) mass is 493 g/mol. The highest BCUT2D eigenvalue weighted by molar-refractivity contribution is 9.11. The Bertz CT molecular complexity index is 704. The number of anilines is 1. The molecular formula is C14H10Br3NO4. The number of furan rings is 1. The summed E-state index contributed by atoms with van der Waals surface area (Å²) in [6, 6.07) is 6.76. The first-order valence-corrected chi connectivity index (χ1v) is 8.42. The second-order valence-electron chi connectivity index (χ2n) is 4.33. The Morgan fingerprint density at radius 3 is 2.36 bits per heavy atom. The fourth-order valence-corrected chi connectivity index (χ4v) is 3.54. The molecule has 0 spiro atoms. The van der Waals surface area contributed by atoms with Crippen LogP contribution in [0.5, 0.6) is 0 Å². The lowest BCUT2D eigenvalue weighted by atomic mass is 10.2. The molecular weight excluding hydrogens is 486 g/mol. The Kier molecular flexibility index (Phi) is 5.82. The minimum Gasteiger partial charge on any atom is -0.450 e. The van der Waals surface area contributed by atoms with E-state index in [9.17, 15) is 9.59 Å². The second-order valence-corrected chi connectivity index (χ2v) is 6.82. The van der Waals surface area contributed by atoms with Gasteiger partial charge in [-0.05, 0) is 84.5 Å². The number of amides is 1. The van der Waals surface area contributed by atoms with Gasteiger partial charge < -0.3 is 14.5 Å². The zero-order valence-corrected chi connectivity index (χ0v) is 16.0. The summed E-state index contributed by atoms with van der Waals surface area (Å²) in [5.41, 5.74) is 1.61. The number of benzene rings is 1. The molecule has 22 heavy (non-hydrogen) atoms. The van der Waals surface area contributed by atoms with E-state index in [1.54, 1.807) is 6.07 Å². The number of ether oxygens (including phenoxy) is 1. The molecule has 0 saturated carbocycles. The van der Waals surface area contributed by atoms with Crippen molar-refractivity contribution in [2.24, 2.45) is 0 Å². The van der Waals surface area contributed by atoms with Crippen LogP contribution in [0.2, 0.25) is 0 Å². The normalized spacial score (nSPS) is 10.4. The van der Waals surface area contributed by atoms with E-state index < -0.39 is 18.5 Å². The maximum Gasteiger partial charge on any atom is 0.374 e. The Morgan fingerprint density at radius 2 is 1.82 bits per heavy atom. The summed E-state index contributed by atoms with van der Waals surface area (Å²) in [7, 11) is 0. The number of rotatable bonds is 4. The standard InChI is InChI=1S/C14H10Br3NO4/c1-7-4-8(15)13(9(16)5-7)18-12(19)6-21-14(20)10-2-3-11(17)22-10/h2-5H,6H2,1H3,(H,18,19). The van der Waals surface area contributed by atoms with E-state index in [2.05, 4.69) is 53.1 Å². The number of halogens is 3. The van der Waals surface area contributed by atoms with Gasteiger partial charge in [0.15, 0.2) is 11.3 Å². The van der Waals surface area contributed by atoms with Crippen LogP contribution in [0, 0.1) is 6.92 Å². The van der Waals surface area contributed by atoms with Gasteiger partial charge in [-0.3, -0.25) is 4.79 Å². The van der Waals surface area contributed by atoms with Crippen molar-refractivity contribution >= 4 is 65.4 Å². The summed E-state index contributed by atoms with van der Waals surface area (Å²) in [4.78, 5) is 23.5. The van der Waals surface area contributed by atoms with Crippen molar-refractivity contribution in [3.8, 4) is 0 Å². The van der Waals surface area contributed by atoms with E-state index in [0.717, 1.165) is 14.5 Å². The molecule has 0 saturated heterocycles. The maximum atomic E-state index is 11.9. The third kappa shape index (κ3) is 4.44. The molecule has 0 aliphatic rings. The average Bonchev–Trinajstić information content (AvgIpc) is 2.87. The van der Waals surface area contributed by atoms with Crippen molar-refractivity contribution in [2.75, 3.05) is 11.9 Å². The zero-order chi connectivity index (χ0) is 16.3. The van der Waals surface area contributed by atoms with Gasteiger partial charge in [0.1, 0.15) is 0 Å². The van der Waals surface area contributed by atoms with Crippen LogP contribution < -0.4 is 5.32 Å². The van der Waals surface area contributed by atoms with Gasteiger partial charge >= 0.3 is 5.97 Å². The topological polar surface area (TPSA) is 68.5 Å². The molecule has 0 unspecified atom stereocenters. The van der Waals surface area contributed by atoms with Gasteiger partial charge in [-0.2, -0.15) is 0 Å². The van der Waals surface area contributed by atoms with Crippen LogP contribution in [0.4, 0.5) is 5.69 Å². The summed E-state index contributed by atoms with van der Waals surface area (Å²) >= 11 is 9.83. The quantitative estimate of drug-likeness (QED) is 0.626. The van der Waals surface area contributed by atoms with Gasteiger partial charge in [0.2, 0.25) is 5.76 Å². The largest absolute Gasteiger partial charge is 0.450 e. The molecule has 0 aliphatic carbocycles. The van der Waals surface area contributed by atoms with Crippen LogP contribution in [0.15, 0.2) is 42.3 Å². The van der Waals surface area contributed by atoms with E-state index >= 15 is 0 Å². The number of hydrogen-bond donors (Lipinski definition) is 1. The van der Waals surface area contributed by atoms with E-state index in [-0.39, 0.29) is 5.76 Å². The molecule has 5 nitrogen and oxygen atoms in total. The molecule has 1 heterocycles. The number of nitrogens with one attached hydrogen (secondary N) is 1. The Labute approximate surface area is 151 Å². The third-order valence-electron chi connectivity index (χ3n) is 2.56. The minimum atomic E-state index is -0.706. The highest BCUT2D eigenvalue weighted by atomic mass is 79.9. The van der Waals surface area contributed by atoms with Crippen LogP contribution >= 0.6 is 47.8 Å². The van der Waals surface area contributed by atoms with Crippen molar-refractivity contribution in [3.63, 3.8) is 0 Å². The lowest BCUT2D eigenvalue weighted by molar-refractivity contribution is -0.119. The highest BCUT2D eigenvalue weighted by Crippen LogP contribution is 2.32. The number of aryl methyl sites for hydroxylation is 1. The average molecular weight is 496 g/mol. The molecule has 2 aromatic rings. The summed E-state index contributed by atoms with van der Waals surface area (Å²) in [6.45, 7) is 1.52. The molecule has 2 rings (SSSR count). The van der Waals surface area contributed by atoms with E-state index in [0.29, 0.717) is 10.4 Å². The lowest BCUT2D eigenvalue weighted by Crippen LogP contribution is -2.21. The molecule has 1 amide bonds. The van der Waals surface area contributed by atoms with Crippen molar-refractivity contribution in [3.05, 3.63) is 49.2 Å². The van der Waals surface area contributed by atoms with Crippen molar-refractivity contribution in [2.45, 2.75) is 6.92 Å². The zero-order valence-electron chi connectivity index (χ0n) is 11.3. The van der Waals surface area contributed by atoms with Crippen molar-refractivity contribution in [1.29, 1.82) is 0 Å². The summed E-state index contributed by atoms with van der Waals surface area (Å²) in [5.74, 6) is -1.13. The molecule has 0 bridgehead atoms. The molecule has 1 aromatic carbocycles. The summed E-state index contributed by atoms with van der Waals surface area (Å²) in [5, 5.41) is 2.67. The number of carbonyl (C=O) groups is 2. The summed E-state index contributed by atoms with van der Waals surface area (Å²) in [6.07, 6.45) is 0. The predicted octanol–water partition coefficient (Wildman–Crippen LogP) is 4.67. The Hall–Kier alpha value is -1.12. The van der Waals surface area contributed by atoms with E-state index in [1.165, 1.54) is 6.07 Å². The van der Waals surface area contributed by atoms with Gasteiger partial charge in [-0.15, -0.1) is 0 Å². The molecule has 8 heteroatoms. The first-order valence-electron chi connectivity index (χ1n) is 6.05. The van der Waals surface area contributed by atoms with Crippen molar-refractivity contribution in [1.82, 2.24) is 0 Å². The number of carbonyl (C=O) groups excluding carboxylic acids is 2. The Morgan fingerprint density at radius 1 is 1.18 bits per heavy atom. The minimum absolute atomic E-state index is 0.0253. The van der Waals surface area contributed by atoms with Gasteiger partial charge in [0.05, 0.1) is 5.69 Å². The smallest absolute Gasteiger partial charge is 0.374 e. The molecule has 116 valence electrons. The molecule has 1 N–H and O–H groups in total. The number of hydrogen-bond acceptors (Lipinski definition) is 4. The van der Waals surface area contributed by atoms with Crippen LogP contribution in [0.3, 0.4) is 0 Å². The van der Waals surface area contributed by atoms with Crippen LogP contribution in [-0.2, 0) is 9.53 Å². The highest BCUT2D eigenvalue weighted by Gasteiger charge is 2.15. The number of esters is 1. The first-order chi connectivity index (χ1) is 10.4. The molecule has 0 fully saturated rings. The van der Waals surface area contributed by atoms with Gasteiger partial charge in [-0.25, -0.2) is 4.79 Å². The van der Waals surface area contributed by atoms with Gasteiger partial charge in [0, 0.05) is 8.95 Å². The lowest BCUT2D eigenvalue weighted by Gasteiger charge is -2.10. The SMILES string of the molecule is Cc1cc(Br)c(NC(=O)COC(=O)c2ccc(Br)o2)c(Br)c1. The molecule has 0 radical (unpaired) electrons. The van der Waals surface area contributed by atoms with E-state index in [1.807, 2.05) is 19.1 Å².